The van der Waals surface area contributed by atoms with Crippen LogP contribution in [0.4, 0.5) is 4.39 Å². The predicted molar refractivity (Wildman–Crippen MR) is 55.0 cm³/mol. The van der Waals surface area contributed by atoms with Crippen LogP contribution in [0.3, 0.4) is 0 Å². The van der Waals surface area contributed by atoms with Crippen LogP contribution < -0.4 is 0 Å². The fraction of sp³-hybridized carbons (Fsp3) is 0.364. The molecule has 1 unspecified atom stereocenters. The zero-order chi connectivity index (χ0) is 10.7. The smallest absolute Gasteiger partial charge is 0.142 e. The van der Waals surface area contributed by atoms with Crippen LogP contribution in [-0.4, -0.2) is 5.78 Å². The average molecular weight is 215 g/mol. The van der Waals surface area contributed by atoms with Crippen LogP contribution in [0.5, 0.6) is 0 Å². The maximum Gasteiger partial charge on any atom is 0.142 e. The van der Waals surface area contributed by atoms with Gasteiger partial charge in [-0.1, -0.05) is 30.7 Å². The maximum absolute atomic E-state index is 13.0. The second-order valence-corrected chi connectivity index (χ2v) is 3.81. The number of rotatable bonds is 3. The molecule has 0 fully saturated rings. The van der Waals surface area contributed by atoms with Crippen molar-refractivity contribution < 1.29 is 9.18 Å². The minimum absolute atomic E-state index is 0.0883. The molecule has 0 bridgehead atoms. The van der Waals surface area contributed by atoms with Crippen LogP contribution in [0.15, 0.2) is 18.2 Å². The Morgan fingerprint density at radius 3 is 2.79 bits per heavy atom. The highest BCUT2D eigenvalue weighted by Crippen LogP contribution is 2.22. The molecule has 0 spiro atoms. The molecular weight excluding hydrogens is 203 g/mol. The summed E-state index contributed by atoms with van der Waals surface area (Å²) in [6, 6.07) is 4.65. The number of hydrogen-bond donors (Lipinski definition) is 0. The van der Waals surface area contributed by atoms with E-state index in [-0.39, 0.29) is 16.7 Å². The van der Waals surface area contributed by atoms with E-state index in [0.29, 0.717) is 12.0 Å². The van der Waals surface area contributed by atoms with E-state index in [2.05, 4.69) is 0 Å². The van der Waals surface area contributed by atoms with E-state index in [1.807, 2.05) is 6.92 Å². The van der Waals surface area contributed by atoms with Gasteiger partial charge in [0.05, 0.1) is 5.02 Å². The van der Waals surface area contributed by atoms with Crippen LogP contribution in [0, 0.1) is 11.7 Å². The molecule has 0 aliphatic heterocycles. The van der Waals surface area contributed by atoms with Gasteiger partial charge < -0.3 is 0 Å². The molecule has 1 rings (SSSR count). The Labute approximate surface area is 87.9 Å². The standard InChI is InChI=1S/C11H12ClFO/c1-7(8(2)14)6-9-4-3-5-10(13)11(9)12/h3-5,7H,6H2,1-2H3. The lowest BCUT2D eigenvalue weighted by molar-refractivity contribution is -0.120. The van der Waals surface area contributed by atoms with Gasteiger partial charge in [-0.25, -0.2) is 4.39 Å². The van der Waals surface area contributed by atoms with E-state index in [1.165, 1.54) is 13.0 Å². The summed E-state index contributed by atoms with van der Waals surface area (Å²) in [5.41, 5.74) is 0.689. The van der Waals surface area contributed by atoms with Gasteiger partial charge in [0.1, 0.15) is 11.6 Å². The number of carbonyl (C=O) groups is 1. The average Bonchev–Trinajstić information content (AvgIpc) is 2.12. The predicted octanol–water partition coefficient (Wildman–Crippen LogP) is 3.25. The Morgan fingerprint density at radius 1 is 1.57 bits per heavy atom. The zero-order valence-corrected chi connectivity index (χ0v) is 8.94. The van der Waals surface area contributed by atoms with Crippen LogP contribution in [0.1, 0.15) is 19.4 Å². The number of carbonyl (C=O) groups excluding carboxylic acids is 1. The molecule has 1 aromatic carbocycles. The Balaban J connectivity index is 2.87. The largest absolute Gasteiger partial charge is 0.300 e. The first-order valence-corrected chi connectivity index (χ1v) is 4.83. The van der Waals surface area contributed by atoms with Crippen LogP contribution in [0.25, 0.3) is 0 Å². The summed E-state index contributed by atoms with van der Waals surface area (Å²) < 4.78 is 13.0. The first-order chi connectivity index (χ1) is 6.52. The second-order valence-electron chi connectivity index (χ2n) is 3.43. The quantitative estimate of drug-likeness (QED) is 0.755. The summed E-state index contributed by atoms with van der Waals surface area (Å²) >= 11 is 5.76. The van der Waals surface area contributed by atoms with E-state index in [0.717, 1.165) is 0 Å². The number of halogens is 2. The van der Waals surface area contributed by atoms with Crippen molar-refractivity contribution in [2.75, 3.05) is 0 Å². The van der Waals surface area contributed by atoms with Crippen LogP contribution >= 0.6 is 11.6 Å². The van der Waals surface area contributed by atoms with E-state index in [1.54, 1.807) is 12.1 Å². The topological polar surface area (TPSA) is 17.1 Å². The van der Waals surface area contributed by atoms with Crippen molar-refractivity contribution >= 4 is 17.4 Å². The molecule has 0 aromatic heterocycles. The summed E-state index contributed by atoms with van der Waals surface area (Å²) in [7, 11) is 0. The third kappa shape index (κ3) is 2.55. The van der Waals surface area contributed by atoms with Crippen LogP contribution in [0.2, 0.25) is 5.02 Å². The molecule has 0 aliphatic rings. The van der Waals surface area contributed by atoms with Crippen LogP contribution in [-0.2, 0) is 11.2 Å². The molecule has 1 nitrogen and oxygen atoms in total. The van der Waals surface area contributed by atoms with Crippen molar-refractivity contribution in [2.24, 2.45) is 5.92 Å². The van der Waals surface area contributed by atoms with Gasteiger partial charge >= 0.3 is 0 Å². The van der Waals surface area contributed by atoms with Gasteiger partial charge in [0, 0.05) is 5.92 Å². The normalized spacial score (nSPS) is 12.6. The van der Waals surface area contributed by atoms with Gasteiger partial charge in [-0.2, -0.15) is 0 Å². The van der Waals surface area contributed by atoms with E-state index < -0.39 is 5.82 Å². The van der Waals surface area contributed by atoms with Gasteiger partial charge in [-0.3, -0.25) is 4.79 Å². The molecule has 1 aromatic rings. The number of hydrogen-bond acceptors (Lipinski definition) is 1. The summed E-state index contributed by atoms with van der Waals surface area (Å²) in [5.74, 6) is -0.459. The molecule has 1 atom stereocenters. The van der Waals surface area contributed by atoms with E-state index in [9.17, 15) is 9.18 Å². The fourth-order valence-electron chi connectivity index (χ4n) is 1.18. The minimum atomic E-state index is -0.431. The van der Waals surface area contributed by atoms with Crippen molar-refractivity contribution in [2.45, 2.75) is 20.3 Å². The molecule has 0 saturated heterocycles. The first-order valence-electron chi connectivity index (χ1n) is 4.45. The third-order valence-corrected chi connectivity index (χ3v) is 2.67. The van der Waals surface area contributed by atoms with Crippen molar-refractivity contribution in [1.29, 1.82) is 0 Å². The molecule has 0 aliphatic carbocycles. The van der Waals surface area contributed by atoms with Crippen molar-refractivity contribution in [3.63, 3.8) is 0 Å². The highest BCUT2D eigenvalue weighted by molar-refractivity contribution is 6.31. The molecule has 76 valence electrons. The lowest BCUT2D eigenvalue weighted by Crippen LogP contribution is -2.09. The van der Waals surface area contributed by atoms with Crippen molar-refractivity contribution in [3.8, 4) is 0 Å². The fourth-order valence-corrected chi connectivity index (χ4v) is 1.38. The zero-order valence-electron chi connectivity index (χ0n) is 8.18. The number of Topliss-reactive ketones (excluding diaryl/α,β-unsaturated/α-hetero) is 1. The third-order valence-electron chi connectivity index (χ3n) is 2.25. The van der Waals surface area contributed by atoms with E-state index >= 15 is 0 Å². The van der Waals surface area contributed by atoms with Gasteiger partial charge in [-0.05, 0) is 25.0 Å². The summed E-state index contributed by atoms with van der Waals surface area (Å²) in [5, 5.41) is 0.126. The maximum atomic E-state index is 13.0. The monoisotopic (exact) mass is 214 g/mol. The van der Waals surface area contributed by atoms with Gasteiger partial charge in [0.15, 0.2) is 0 Å². The first kappa shape index (κ1) is 11.2. The SMILES string of the molecule is CC(=O)C(C)Cc1cccc(F)c1Cl. The molecule has 3 heteroatoms. The molecule has 0 amide bonds. The Kier molecular flexibility index (Phi) is 3.64. The van der Waals surface area contributed by atoms with Gasteiger partial charge in [-0.15, -0.1) is 0 Å². The molecule has 0 heterocycles. The second kappa shape index (κ2) is 4.56. The lowest BCUT2D eigenvalue weighted by atomic mass is 9.98. The molecule has 0 radical (unpaired) electrons. The summed E-state index contributed by atoms with van der Waals surface area (Å²) in [6.45, 7) is 3.33. The van der Waals surface area contributed by atoms with Gasteiger partial charge in [0.25, 0.3) is 0 Å². The lowest BCUT2D eigenvalue weighted by Gasteiger charge is -2.09. The number of benzene rings is 1. The summed E-state index contributed by atoms with van der Waals surface area (Å²) in [6.07, 6.45) is 0.492. The number of ketones is 1. The molecule has 0 N–H and O–H groups in total. The van der Waals surface area contributed by atoms with E-state index in [4.69, 9.17) is 11.6 Å². The van der Waals surface area contributed by atoms with Gasteiger partial charge in [0.2, 0.25) is 0 Å². The Morgan fingerprint density at radius 2 is 2.21 bits per heavy atom. The molecule has 0 saturated carbocycles. The Hall–Kier alpha value is -0.890. The minimum Gasteiger partial charge on any atom is -0.300 e. The highest BCUT2D eigenvalue weighted by Gasteiger charge is 2.12. The molecule has 14 heavy (non-hydrogen) atoms. The Bertz CT molecular complexity index is 349. The molecular formula is C11H12ClFO. The highest BCUT2D eigenvalue weighted by atomic mass is 35.5. The van der Waals surface area contributed by atoms with Crippen molar-refractivity contribution in [1.82, 2.24) is 0 Å². The summed E-state index contributed by atoms with van der Waals surface area (Å²) in [4.78, 5) is 11.0. The van der Waals surface area contributed by atoms with Crippen molar-refractivity contribution in [3.05, 3.63) is 34.6 Å².